The first-order valence-electron chi connectivity index (χ1n) is 4.89. The number of aromatic nitrogens is 2. The third-order valence-electron chi connectivity index (χ3n) is 2.90. The molecule has 84 valence electrons. The Balaban J connectivity index is 2.99. The third-order valence-corrected chi connectivity index (χ3v) is 2.90. The van der Waals surface area contributed by atoms with Crippen molar-refractivity contribution in [2.24, 2.45) is 5.84 Å². The second-order valence-corrected chi connectivity index (χ2v) is 4.28. The molecule has 1 rings (SSSR count). The molecule has 0 radical (unpaired) electrons. The fraction of sp³-hybridized carbons (Fsp3) is 0.600. The topological polar surface area (TPSA) is 67.1 Å². The summed E-state index contributed by atoms with van der Waals surface area (Å²) >= 11 is 0. The summed E-state index contributed by atoms with van der Waals surface area (Å²) in [6.45, 7) is 4.21. The molecule has 1 unspecified atom stereocenters. The van der Waals surface area contributed by atoms with Crippen LogP contribution in [-0.2, 0) is 0 Å². The van der Waals surface area contributed by atoms with Gasteiger partial charge >= 0.3 is 0 Å². The lowest BCUT2D eigenvalue weighted by Gasteiger charge is -2.39. The summed E-state index contributed by atoms with van der Waals surface area (Å²) < 4.78 is 0. The largest absolute Gasteiger partial charge is 0.302 e. The second-order valence-electron chi connectivity index (χ2n) is 4.28. The minimum atomic E-state index is -0.134. The van der Waals surface area contributed by atoms with Crippen molar-refractivity contribution in [2.75, 3.05) is 14.1 Å². The Labute approximate surface area is 90.7 Å². The van der Waals surface area contributed by atoms with Crippen molar-refractivity contribution in [3.63, 3.8) is 0 Å². The summed E-state index contributed by atoms with van der Waals surface area (Å²) in [5.74, 6) is 5.58. The van der Waals surface area contributed by atoms with Gasteiger partial charge in [0.25, 0.3) is 0 Å². The fourth-order valence-electron chi connectivity index (χ4n) is 1.37. The van der Waals surface area contributed by atoms with E-state index in [4.69, 9.17) is 5.84 Å². The number of hydrazine groups is 1. The molecule has 0 bridgehead atoms. The van der Waals surface area contributed by atoms with Crippen molar-refractivity contribution in [2.45, 2.75) is 25.4 Å². The minimum Gasteiger partial charge on any atom is -0.302 e. The van der Waals surface area contributed by atoms with Crippen LogP contribution >= 0.6 is 0 Å². The van der Waals surface area contributed by atoms with Gasteiger partial charge in [0.15, 0.2) is 0 Å². The number of nitrogens with two attached hydrogens (primary N) is 1. The van der Waals surface area contributed by atoms with Crippen LogP contribution in [0.3, 0.4) is 0 Å². The lowest BCUT2D eigenvalue weighted by molar-refractivity contribution is 0.136. The first kappa shape index (κ1) is 12.0. The Morgan fingerprint density at radius 2 is 2.07 bits per heavy atom. The van der Waals surface area contributed by atoms with Crippen molar-refractivity contribution in [1.82, 2.24) is 20.3 Å². The Morgan fingerprint density at radius 3 is 2.47 bits per heavy atom. The molecule has 0 aliphatic rings. The lowest BCUT2D eigenvalue weighted by Crippen LogP contribution is -2.51. The van der Waals surface area contributed by atoms with E-state index in [9.17, 15) is 0 Å². The van der Waals surface area contributed by atoms with Gasteiger partial charge in [-0.2, -0.15) is 0 Å². The first-order valence-corrected chi connectivity index (χ1v) is 4.89. The molecule has 3 N–H and O–H groups in total. The monoisotopic (exact) mass is 209 g/mol. The molecule has 5 nitrogen and oxygen atoms in total. The number of hydrogen-bond acceptors (Lipinski definition) is 5. The van der Waals surface area contributed by atoms with E-state index in [-0.39, 0.29) is 11.6 Å². The van der Waals surface area contributed by atoms with Gasteiger partial charge < -0.3 is 4.90 Å². The molecule has 15 heavy (non-hydrogen) atoms. The molecule has 0 saturated heterocycles. The van der Waals surface area contributed by atoms with E-state index in [0.717, 1.165) is 5.69 Å². The smallest absolute Gasteiger partial charge is 0.0825 e. The molecule has 1 atom stereocenters. The highest BCUT2D eigenvalue weighted by atomic mass is 15.3. The van der Waals surface area contributed by atoms with Gasteiger partial charge in [0.2, 0.25) is 0 Å². The highest BCUT2D eigenvalue weighted by molar-refractivity contribution is 5.09. The molecule has 5 heteroatoms. The molecule has 0 aliphatic carbocycles. The normalized spacial score (nSPS) is 14.3. The average molecular weight is 209 g/mol. The Morgan fingerprint density at radius 1 is 1.40 bits per heavy atom. The Bertz CT molecular complexity index is 296. The molecule has 0 amide bonds. The van der Waals surface area contributed by atoms with E-state index in [1.807, 2.05) is 14.1 Å². The van der Waals surface area contributed by atoms with E-state index < -0.39 is 0 Å². The fourth-order valence-corrected chi connectivity index (χ4v) is 1.37. The zero-order valence-electron chi connectivity index (χ0n) is 9.73. The number of hydrogen-bond donors (Lipinski definition) is 2. The predicted octanol–water partition coefficient (Wildman–Crippen LogP) is 0.321. The summed E-state index contributed by atoms with van der Waals surface area (Å²) in [4.78, 5) is 10.4. The van der Waals surface area contributed by atoms with Crippen molar-refractivity contribution in [1.29, 1.82) is 0 Å². The molecule has 0 spiro atoms. The van der Waals surface area contributed by atoms with Crippen molar-refractivity contribution < 1.29 is 0 Å². The van der Waals surface area contributed by atoms with Crippen LogP contribution in [0, 0.1) is 0 Å². The molecule has 1 aromatic heterocycles. The molecular weight excluding hydrogens is 190 g/mol. The molecular formula is C10H19N5. The van der Waals surface area contributed by atoms with Crippen molar-refractivity contribution in [3.8, 4) is 0 Å². The predicted molar refractivity (Wildman–Crippen MR) is 59.9 cm³/mol. The maximum atomic E-state index is 5.58. The van der Waals surface area contributed by atoms with Crippen molar-refractivity contribution >= 4 is 0 Å². The van der Waals surface area contributed by atoms with Gasteiger partial charge in [-0.15, -0.1) is 0 Å². The summed E-state index contributed by atoms with van der Waals surface area (Å²) in [6, 6.07) is -0.0544. The number of likely N-dealkylation sites (N-methyl/N-ethyl adjacent to an activating group) is 1. The first-order chi connectivity index (χ1) is 7.00. The summed E-state index contributed by atoms with van der Waals surface area (Å²) in [5, 5.41) is 0. The summed E-state index contributed by atoms with van der Waals surface area (Å²) in [5.41, 5.74) is 3.51. The van der Waals surface area contributed by atoms with Gasteiger partial charge in [-0.05, 0) is 27.9 Å². The second kappa shape index (κ2) is 4.65. The van der Waals surface area contributed by atoms with Gasteiger partial charge in [-0.1, -0.05) is 0 Å². The minimum absolute atomic E-state index is 0.0544. The highest BCUT2D eigenvalue weighted by Gasteiger charge is 2.33. The van der Waals surface area contributed by atoms with Crippen LogP contribution in [0.2, 0.25) is 0 Å². The van der Waals surface area contributed by atoms with E-state index in [2.05, 4.69) is 34.1 Å². The van der Waals surface area contributed by atoms with Gasteiger partial charge in [0.1, 0.15) is 0 Å². The number of nitrogens with one attached hydrogen (secondary N) is 1. The molecule has 1 aromatic rings. The molecule has 0 aliphatic heterocycles. The summed E-state index contributed by atoms with van der Waals surface area (Å²) in [6.07, 6.45) is 5.06. The standard InChI is InChI=1S/C10H19N5/c1-10(2,15(3)4)9(14-11)8-7-12-5-6-13-8/h5-7,9,14H,11H2,1-4H3. The Hall–Kier alpha value is -1.04. The van der Waals surface area contributed by atoms with E-state index in [1.54, 1.807) is 18.6 Å². The van der Waals surface area contributed by atoms with Crippen LogP contribution in [-0.4, -0.2) is 34.5 Å². The quantitative estimate of drug-likeness (QED) is 0.552. The van der Waals surface area contributed by atoms with Gasteiger partial charge in [-0.3, -0.25) is 15.8 Å². The molecule has 1 heterocycles. The maximum absolute atomic E-state index is 5.58. The molecule has 0 saturated carbocycles. The SMILES string of the molecule is CN(C)C(C)(C)C(NN)c1cnccn1. The lowest BCUT2D eigenvalue weighted by atomic mass is 9.91. The zero-order chi connectivity index (χ0) is 11.5. The van der Waals surface area contributed by atoms with Crippen LogP contribution in [0.5, 0.6) is 0 Å². The number of nitrogens with zero attached hydrogens (tertiary/aromatic N) is 3. The average Bonchev–Trinajstić information content (AvgIpc) is 2.19. The van der Waals surface area contributed by atoms with Gasteiger partial charge in [0.05, 0.1) is 17.9 Å². The van der Waals surface area contributed by atoms with Crippen molar-refractivity contribution in [3.05, 3.63) is 24.3 Å². The van der Waals surface area contributed by atoms with Crippen LogP contribution in [0.1, 0.15) is 25.6 Å². The third kappa shape index (κ3) is 2.50. The van der Waals surface area contributed by atoms with Gasteiger partial charge in [0, 0.05) is 17.9 Å². The zero-order valence-corrected chi connectivity index (χ0v) is 9.73. The van der Waals surface area contributed by atoms with Gasteiger partial charge in [-0.25, -0.2) is 5.43 Å². The molecule has 0 fully saturated rings. The maximum Gasteiger partial charge on any atom is 0.0825 e. The van der Waals surface area contributed by atoms with E-state index in [1.165, 1.54) is 0 Å². The number of rotatable bonds is 4. The summed E-state index contributed by atoms with van der Waals surface area (Å²) in [7, 11) is 4.03. The Kier molecular flexibility index (Phi) is 3.73. The van der Waals surface area contributed by atoms with Crippen LogP contribution in [0.4, 0.5) is 0 Å². The van der Waals surface area contributed by atoms with Crippen LogP contribution in [0.15, 0.2) is 18.6 Å². The van der Waals surface area contributed by atoms with E-state index >= 15 is 0 Å². The molecule has 0 aromatic carbocycles. The van der Waals surface area contributed by atoms with Crippen LogP contribution in [0.25, 0.3) is 0 Å². The highest BCUT2D eigenvalue weighted by Crippen LogP contribution is 2.26. The van der Waals surface area contributed by atoms with E-state index in [0.29, 0.717) is 0 Å². The van der Waals surface area contributed by atoms with Crippen LogP contribution < -0.4 is 11.3 Å².